The van der Waals surface area contributed by atoms with E-state index in [2.05, 4.69) is 4.74 Å². The highest BCUT2D eigenvalue weighted by atomic mass is 16.6. The lowest BCUT2D eigenvalue weighted by molar-refractivity contribution is -0.393. The van der Waals surface area contributed by atoms with Crippen LogP contribution in [0.2, 0.25) is 0 Å². The van der Waals surface area contributed by atoms with Crippen molar-refractivity contribution in [1.29, 1.82) is 0 Å². The van der Waals surface area contributed by atoms with Crippen LogP contribution in [0.5, 0.6) is 0 Å². The number of non-ortho nitro benzene ring substituents is 1. The molecule has 0 N–H and O–H groups in total. The summed E-state index contributed by atoms with van der Waals surface area (Å²) in [7, 11) is 1.11. The number of anilines is 1. The summed E-state index contributed by atoms with van der Waals surface area (Å²) in [5.41, 5.74) is -1.18. The molecule has 0 atom stereocenters. The highest BCUT2D eigenvalue weighted by molar-refractivity contribution is 5.99. The molecule has 21 heavy (non-hydrogen) atoms. The molecule has 0 bridgehead atoms. The zero-order chi connectivity index (χ0) is 16.2. The minimum atomic E-state index is -0.858. The molecule has 0 saturated carbocycles. The molecular weight excluding hydrogens is 282 g/mol. The van der Waals surface area contributed by atoms with E-state index in [4.69, 9.17) is 0 Å². The van der Waals surface area contributed by atoms with Gasteiger partial charge in [-0.1, -0.05) is 0 Å². The molecule has 0 aliphatic heterocycles. The lowest BCUT2D eigenvalue weighted by Gasteiger charge is -2.22. The van der Waals surface area contributed by atoms with Crippen molar-refractivity contribution in [2.75, 3.05) is 25.1 Å². The number of carbonyl (C=O) groups is 1. The van der Waals surface area contributed by atoms with Crippen LogP contribution in [0.25, 0.3) is 0 Å². The summed E-state index contributed by atoms with van der Waals surface area (Å²) in [6, 6.07) is 1.84. The summed E-state index contributed by atoms with van der Waals surface area (Å²) < 4.78 is 4.57. The Morgan fingerprint density at radius 3 is 2.14 bits per heavy atom. The number of hydrogen-bond donors (Lipinski definition) is 0. The molecule has 0 aliphatic carbocycles. The average Bonchev–Trinajstić information content (AvgIpc) is 2.46. The quantitative estimate of drug-likeness (QED) is 0.448. The van der Waals surface area contributed by atoms with E-state index in [9.17, 15) is 25.0 Å². The molecule has 0 saturated heterocycles. The molecule has 0 radical (unpaired) electrons. The normalized spacial score (nSPS) is 10.0. The first-order chi connectivity index (χ1) is 9.87. The van der Waals surface area contributed by atoms with E-state index >= 15 is 0 Å². The Hall–Kier alpha value is -2.71. The molecule has 9 nitrogen and oxygen atoms in total. The summed E-state index contributed by atoms with van der Waals surface area (Å²) in [5, 5.41) is 22.1. The molecule has 0 fully saturated rings. The maximum absolute atomic E-state index is 11.8. The van der Waals surface area contributed by atoms with Crippen molar-refractivity contribution in [2.45, 2.75) is 13.8 Å². The summed E-state index contributed by atoms with van der Waals surface area (Å²) in [4.78, 5) is 34.0. The third-order valence-electron chi connectivity index (χ3n) is 2.97. The number of carbonyl (C=O) groups excluding carboxylic acids is 1. The number of ether oxygens (including phenoxy) is 1. The van der Waals surface area contributed by atoms with Crippen molar-refractivity contribution in [3.8, 4) is 0 Å². The van der Waals surface area contributed by atoms with Gasteiger partial charge < -0.3 is 9.64 Å². The van der Waals surface area contributed by atoms with Gasteiger partial charge in [-0.2, -0.15) is 0 Å². The van der Waals surface area contributed by atoms with Gasteiger partial charge in [0.05, 0.1) is 28.6 Å². The number of methoxy groups -OCH3 is 1. The fraction of sp³-hybridized carbons (Fsp3) is 0.417. The van der Waals surface area contributed by atoms with E-state index in [0.717, 1.165) is 19.2 Å². The maximum Gasteiger partial charge on any atom is 0.340 e. The van der Waals surface area contributed by atoms with Gasteiger partial charge in [-0.3, -0.25) is 20.2 Å². The topological polar surface area (TPSA) is 116 Å². The number of nitro benzene ring substituents is 2. The van der Waals surface area contributed by atoms with Crippen LogP contribution in [0.1, 0.15) is 24.2 Å². The molecule has 0 aliphatic rings. The highest BCUT2D eigenvalue weighted by Gasteiger charge is 2.30. The van der Waals surface area contributed by atoms with Crippen molar-refractivity contribution in [2.24, 2.45) is 0 Å². The fourth-order valence-electron chi connectivity index (χ4n) is 1.99. The van der Waals surface area contributed by atoms with Crippen molar-refractivity contribution in [1.82, 2.24) is 0 Å². The van der Waals surface area contributed by atoms with Crippen LogP contribution in [0, 0.1) is 20.2 Å². The minimum Gasteiger partial charge on any atom is -0.465 e. The molecule has 0 amide bonds. The Labute approximate surface area is 120 Å². The van der Waals surface area contributed by atoms with Gasteiger partial charge in [0.15, 0.2) is 0 Å². The number of rotatable bonds is 6. The Bertz CT molecular complexity index is 583. The summed E-state index contributed by atoms with van der Waals surface area (Å²) in [6.07, 6.45) is 0. The van der Waals surface area contributed by atoms with Gasteiger partial charge in [0.25, 0.3) is 11.4 Å². The van der Waals surface area contributed by atoms with Crippen LogP contribution in [0.4, 0.5) is 17.1 Å². The number of benzene rings is 1. The van der Waals surface area contributed by atoms with Crippen LogP contribution >= 0.6 is 0 Å². The van der Waals surface area contributed by atoms with Gasteiger partial charge in [0.2, 0.25) is 0 Å². The lowest BCUT2D eigenvalue weighted by atomic mass is 10.1. The molecule has 0 unspecified atom stereocenters. The second-order valence-corrected chi connectivity index (χ2v) is 4.04. The van der Waals surface area contributed by atoms with Gasteiger partial charge in [0.1, 0.15) is 5.69 Å². The summed E-state index contributed by atoms with van der Waals surface area (Å²) >= 11 is 0. The SMILES string of the molecule is CCN(CC)c1c(C(=O)OC)cc([N+](=O)[O-])cc1[N+](=O)[O-]. The first kappa shape index (κ1) is 16.3. The largest absolute Gasteiger partial charge is 0.465 e. The first-order valence-corrected chi connectivity index (χ1v) is 6.17. The monoisotopic (exact) mass is 297 g/mol. The number of nitrogens with zero attached hydrogens (tertiary/aromatic N) is 3. The predicted octanol–water partition coefficient (Wildman–Crippen LogP) is 2.14. The average molecular weight is 297 g/mol. The molecule has 1 rings (SSSR count). The van der Waals surface area contributed by atoms with E-state index in [1.54, 1.807) is 18.7 Å². The van der Waals surface area contributed by atoms with Crippen LogP contribution in [-0.2, 0) is 4.74 Å². The standard InChI is InChI=1S/C12H15N3O6/c1-4-13(5-2)11-9(12(16)21-3)6-8(14(17)18)7-10(11)15(19)20/h6-7H,4-5H2,1-3H3. The number of hydrogen-bond acceptors (Lipinski definition) is 7. The van der Waals surface area contributed by atoms with Gasteiger partial charge in [-0.05, 0) is 13.8 Å². The van der Waals surface area contributed by atoms with Crippen LogP contribution in [0.3, 0.4) is 0 Å². The summed E-state index contributed by atoms with van der Waals surface area (Å²) in [5.74, 6) is -0.858. The highest BCUT2D eigenvalue weighted by Crippen LogP contribution is 2.36. The molecule has 1 aromatic rings. The smallest absolute Gasteiger partial charge is 0.340 e. The predicted molar refractivity (Wildman–Crippen MR) is 74.7 cm³/mol. The molecule has 0 aromatic heterocycles. The zero-order valence-electron chi connectivity index (χ0n) is 11.9. The third-order valence-corrected chi connectivity index (χ3v) is 2.97. The Balaban J connectivity index is 3.73. The van der Waals surface area contributed by atoms with Crippen molar-refractivity contribution in [3.63, 3.8) is 0 Å². The molecule has 114 valence electrons. The van der Waals surface area contributed by atoms with Crippen LogP contribution in [0.15, 0.2) is 12.1 Å². The van der Waals surface area contributed by atoms with Crippen molar-refractivity contribution in [3.05, 3.63) is 37.9 Å². The van der Waals surface area contributed by atoms with Crippen molar-refractivity contribution < 1.29 is 19.4 Å². The van der Waals surface area contributed by atoms with E-state index in [1.807, 2.05) is 0 Å². The number of esters is 1. The van der Waals surface area contributed by atoms with Crippen LogP contribution in [-0.4, -0.2) is 36.0 Å². The maximum atomic E-state index is 11.8. The second-order valence-electron chi connectivity index (χ2n) is 4.04. The van der Waals surface area contributed by atoms with E-state index in [0.29, 0.717) is 13.1 Å². The molecule has 9 heteroatoms. The zero-order valence-corrected chi connectivity index (χ0v) is 11.9. The summed E-state index contributed by atoms with van der Waals surface area (Å²) in [6.45, 7) is 4.32. The number of nitro groups is 2. The Morgan fingerprint density at radius 2 is 1.76 bits per heavy atom. The second kappa shape index (κ2) is 6.64. The fourth-order valence-corrected chi connectivity index (χ4v) is 1.99. The van der Waals surface area contributed by atoms with Gasteiger partial charge >= 0.3 is 5.97 Å². The third kappa shape index (κ3) is 3.25. The first-order valence-electron chi connectivity index (χ1n) is 6.17. The van der Waals surface area contributed by atoms with E-state index in [-0.39, 0.29) is 11.3 Å². The molecular formula is C12H15N3O6. The molecule has 0 spiro atoms. The van der Waals surface area contributed by atoms with Gasteiger partial charge in [0, 0.05) is 19.2 Å². The minimum absolute atomic E-state index is 0.0300. The van der Waals surface area contributed by atoms with E-state index in [1.165, 1.54) is 0 Å². The molecule has 1 aromatic carbocycles. The Kier molecular flexibility index (Phi) is 5.17. The lowest BCUT2D eigenvalue weighted by Crippen LogP contribution is -2.25. The van der Waals surface area contributed by atoms with Gasteiger partial charge in [-0.25, -0.2) is 4.79 Å². The van der Waals surface area contributed by atoms with Crippen LogP contribution < -0.4 is 4.90 Å². The molecule has 0 heterocycles. The van der Waals surface area contributed by atoms with Crippen molar-refractivity contribution >= 4 is 23.0 Å². The Morgan fingerprint density at radius 1 is 1.19 bits per heavy atom. The van der Waals surface area contributed by atoms with E-state index < -0.39 is 27.2 Å². The van der Waals surface area contributed by atoms with Gasteiger partial charge in [-0.15, -0.1) is 0 Å².